The minimum absolute atomic E-state index is 0.110. The summed E-state index contributed by atoms with van der Waals surface area (Å²) in [4.78, 5) is 21.1. The zero-order chi connectivity index (χ0) is 13.5. The number of esters is 1. The van der Waals surface area contributed by atoms with Crippen LogP contribution in [-0.2, 0) is 24.3 Å². The highest BCUT2D eigenvalue weighted by molar-refractivity contribution is 7.89. The van der Waals surface area contributed by atoms with E-state index in [9.17, 15) is 18.0 Å². The number of ether oxygens (including phenoxy) is 1. The van der Waals surface area contributed by atoms with Crippen molar-refractivity contribution in [3.63, 3.8) is 0 Å². The number of carbonyl (C=O) groups is 2. The summed E-state index contributed by atoms with van der Waals surface area (Å²) in [5.74, 6) is -1.95. The van der Waals surface area contributed by atoms with Crippen molar-refractivity contribution in [1.82, 2.24) is 4.72 Å². The van der Waals surface area contributed by atoms with E-state index in [0.717, 1.165) is 0 Å². The molecular formula is C9H17NO6S. The van der Waals surface area contributed by atoms with E-state index < -0.39 is 28.0 Å². The van der Waals surface area contributed by atoms with Crippen LogP contribution in [0.15, 0.2) is 0 Å². The summed E-state index contributed by atoms with van der Waals surface area (Å²) in [6.45, 7) is 1.57. The van der Waals surface area contributed by atoms with Crippen molar-refractivity contribution in [3.8, 4) is 0 Å². The smallest absolute Gasteiger partial charge is 0.306 e. The molecule has 1 atom stereocenters. The first kappa shape index (κ1) is 15.9. The molecule has 8 heteroatoms. The first-order valence-electron chi connectivity index (χ1n) is 5.05. The predicted molar refractivity (Wildman–Crippen MR) is 59.9 cm³/mol. The van der Waals surface area contributed by atoms with E-state index in [-0.39, 0.29) is 25.0 Å². The van der Waals surface area contributed by atoms with Gasteiger partial charge in [-0.15, -0.1) is 0 Å². The first-order chi connectivity index (χ1) is 7.76. The third kappa shape index (κ3) is 8.64. The van der Waals surface area contributed by atoms with E-state index >= 15 is 0 Å². The summed E-state index contributed by atoms with van der Waals surface area (Å²) in [6.07, 6.45) is -0.134. The molecule has 0 saturated heterocycles. The number of hydrogen-bond donors (Lipinski definition) is 2. The highest BCUT2D eigenvalue weighted by Gasteiger charge is 2.17. The molecule has 0 bridgehead atoms. The molecule has 0 aromatic rings. The van der Waals surface area contributed by atoms with Crippen LogP contribution in [0.2, 0.25) is 0 Å². The quantitative estimate of drug-likeness (QED) is 0.585. The van der Waals surface area contributed by atoms with Gasteiger partial charge in [0, 0.05) is 12.5 Å². The van der Waals surface area contributed by atoms with E-state index in [4.69, 9.17) is 5.11 Å². The number of hydrogen-bond acceptors (Lipinski definition) is 5. The molecule has 0 aliphatic heterocycles. The number of carbonyl (C=O) groups excluding carboxylic acids is 1. The molecule has 7 nitrogen and oxygen atoms in total. The molecule has 0 radical (unpaired) electrons. The molecule has 0 fully saturated rings. The highest BCUT2D eigenvalue weighted by atomic mass is 32.2. The minimum atomic E-state index is -3.58. The SMILES string of the molecule is COC(=O)CCS(=O)(=O)NC(C)CCC(=O)O. The molecule has 0 saturated carbocycles. The minimum Gasteiger partial charge on any atom is -0.481 e. The fourth-order valence-corrected chi connectivity index (χ4v) is 2.37. The van der Waals surface area contributed by atoms with Gasteiger partial charge in [0.05, 0.1) is 19.3 Å². The van der Waals surface area contributed by atoms with Gasteiger partial charge in [0.1, 0.15) is 0 Å². The molecular weight excluding hydrogens is 250 g/mol. The summed E-state index contributed by atoms with van der Waals surface area (Å²) in [6, 6.07) is -0.478. The van der Waals surface area contributed by atoms with Crippen molar-refractivity contribution in [1.29, 1.82) is 0 Å². The Kier molecular flexibility index (Phi) is 6.74. The molecule has 0 rings (SSSR count). The molecule has 0 heterocycles. The Bertz CT molecular complexity index is 364. The Morgan fingerprint density at radius 2 is 1.94 bits per heavy atom. The number of methoxy groups -OCH3 is 1. The van der Waals surface area contributed by atoms with Gasteiger partial charge in [-0.3, -0.25) is 9.59 Å². The standard InChI is InChI=1S/C9H17NO6S/c1-7(3-4-8(11)12)10-17(14,15)6-5-9(13)16-2/h7,10H,3-6H2,1-2H3,(H,11,12). The molecule has 17 heavy (non-hydrogen) atoms. The van der Waals surface area contributed by atoms with Gasteiger partial charge in [-0.25, -0.2) is 13.1 Å². The Labute approximate surface area is 100 Å². The summed E-state index contributed by atoms with van der Waals surface area (Å²) in [5, 5.41) is 8.43. The number of nitrogens with one attached hydrogen (secondary N) is 1. The van der Waals surface area contributed by atoms with Gasteiger partial charge < -0.3 is 9.84 Å². The fourth-order valence-electron chi connectivity index (χ4n) is 1.08. The van der Waals surface area contributed by atoms with Crippen molar-refractivity contribution in [2.45, 2.75) is 32.2 Å². The van der Waals surface area contributed by atoms with Crippen LogP contribution < -0.4 is 4.72 Å². The average Bonchev–Trinajstić information content (AvgIpc) is 2.22. The monoisotopic (exact) mass is 267 g/mol. The molecule has 0 aromatic heterocycles. The zero-order valence-corrected chi connectivity index (χ0v) is 10.6. The lowest BCUT2D eigenvalue weighted by Crippen LogP contribution is -2.35. The van der Waals surface area contributed by atoms with E-state index in [1.165, 1.54) is 7.11 Å². The number of carboxylic acids is 1. The van der Waals surface area contributed by atoms with Crippen molar-refractivity contribution >= 4 is 22.0 Å². The van der Waals surface area contributed by atoms with E-state index in [1.54, 1.807) is 6.92 Å². The predicted octanol–water partition coefficient (Wildman–Crippen LogP) is -0.278. The van der Waals surface area contributed by atoms with Crippen molar-refractivity contribution < 1.29 is 27.9 Å². The lowest BCUT2D eigenvalue weighted by atomic mass is 10.2. The molecule has 0 amide bonds. The van der Waals surface area contributed by atoms with E-state index in [2.05, 4.69) is 9.46 Å². The molecule has 1 unspecified atom stereocenters. The fraction of sp³-hybridized carbons (Fsp3) is 0.778. The van der Waals surface area contributed by atoms with Gasteiger partial charge >= 0.3 is 11.9 Å². The van der Waals surface area contributed by atoms with Gasteiger partial charge in [0.2, 0.25) is 10.0 Å². The molecule has 100 valence electrons. The van der Waals surface area contributed by atoms with E-state index in [1.807, 2.05) is 0 Å². The average molecular weight is 267 g/mol. The van der Waals surface area contributed by atoms with Gasteiger partial charge in [-0.05, 0) is 13.3 Å². The molecule has 0 aliphatic rings. The van der Waals surface area contributed by atoms with Crippen LogP contribution in [0.5, 0.6) is 0 Å². The Morgan fingerprint density at radius 1 is 1.35 bits per heavy atom. The maximum absolute atomic E-state index is 11.4. The summed E-state index contributed by atoms with van der Waals surface area (Å²) >= 11 is 0. The topological polar surface area (TPSA) is 110 Å². The lowest BCUT2D eigenvalue weighted by Gasteiger charge is -2.12. The van der Waals surface area contributed by atoms with Crippen LogP contribution in [0, 0.1) is 0 Å². The molecule has 0 aromatic carbocycles. The third-order valence-electron chi connectivity index (χ3n) is 1.97. The maximum atomic E-state index is 11.4. The number of rotatable bonds is 8. The molecule has 2 N–H and O–H groups in total. The van der Waals surface area contributed by atoms with Crippen LogP contribution in [0.1, 0.15) is 26.2 Å². The van der Waals surface area contributed by atoms with Crippen LogP contribution >= 0.6 is 0 Å². The second-order valence-electron chi connectivity index (χ2n) is 3.60. The summed E-state index contributed by atoms with van der Waals surface area (Å²) in [5.41, 5.74) is 0. The number of carboxylic acid groups (broad SMARTS) is 1. The Hall–Kier alpha value is -1.15. The number of aliphatic carboxylic acids is 1. The lowest BCUT2D eigenvalue weighted by molar-refractivity contribution is -0.140. The van der Waals surface area contributed by atoms with Gasteiger partial charge in [-0.2, -0.15) is 0 Å². The zero-order valence-electron chi connectivity index (χ0n) is 9.80. The van der Waals surface area contributed by atoms with Gasteiger partial charge in [-0.1, -0.05) is 0 Å². The van der Waals surface area contributed by atoms with Crippen molar-refractivity contribution in [3.05, 3.63) is 0 Å². The second-order valence-corrected chi connectivity index (χ2v) is 5.47. The van der Waals surface area contributed by atoms with E-state index in [0.29, 0.717) is 0 Å². The van der Waals surface area contributed by atoms with Crippen molar-refractivity contribution in [2.24, 2.45) is 0 Å². The van der Waals surface area contributed by atoms with Crippen LogP contribution in [0.4, 0.5) is 0 Å². The molecule has 0 aliphatic carbocycles. The van der Waals surface area contributed by atoms with Crippen LogP contribution in [0.25, 0.3) is 0 Å². The normalized spacial score (nSPS) is 13.1. The van der Waals surface area contributed by atoms with Crippen LogP contribution in [0.3, 0.4) is 0 Å². The third-order valence-corrected chi connectivity index (χ3v) is 3.48. The molecule has 0 spiro atoms. The van der Waals surface area contributed by atoms with Crippen molar-refractivity contribution in [2.75, 3.05) is 12.9 Å². The van der Waals surface area contributed by atoms with Gasteiger partial charge in [0.25, 0.3) is 0 Å². The number of sulfonamides is 1. The largest absolute Gasteiger partial charge is 0.481 e. The Balaban J connectivity index is 4.07. The second kappa shape index (κ2) is 7.23. The Morgan fingerprint density at radius 3 is 2.41 bits per heavy atom. The van der Waals surface area contributed by atoms with Crippen LogP contribution in [-0.4, -0.2) is 44.4 Å². The summed E-state index contributed by atoms with van der Waals surface area (Å²) < 4.78 is 29.5. The maximum Gasteiger partial charge on any atom is 0.306 e. The first-order valence-corrected chi connectivity index (χ1v) is 6.70. The van der Waals surface area contributed by atoms with Gasteiger partial charge in [0.15, 0.2) is 0 Å². The summed E-state index contributed by atoms with van der Waals surface area (Å²) in [7, 11) is -2.40. The highest BCUT2D eigenvalue weighted by Crippen LogP contribution is 2.00.